The van der Waals surface area contributed by atoms with Gasteiger partial charge in [0, 0.05) is 25.5 Å². The summed E-state index contributed by atoms with van der Waals surface area (Å²) in [5.74, 6) is 1.35. The number of nitrogens with one attached hydrogen (secondary N) is 2. The number of nitrogens with zero attached hydrogens (tertiary/aromatic N) is 4. The molecule has 1 unspecified atom stereocenters. The number of carbonyl (C=O) groups excluding carboxylic acids is 1. The Morgan fingerprint density at radius 1 is 1.12 bits per heavy atom. The van der Waals surface area contributed by atoms with Gasteiger partial charge in [-0.3, -0.25) is 9.59 Å². The zero-order valence-electron chi connectivity index (χ0n) is 18.8. The first-order valence-electron chi connectivity index (χ1n) is 10.5. The van der Waals surface area contributed by atoms with Crippen molar-refractivity contribution in [2.24, 2.45) is 7.05 Å². The van der Waals surface area contributed by atoms with Crippen molar-refractivity contribution in [2.75, 3.05) is 14.2 Å². The number of carbonyl (C=O) groups is 1. The highest BCUT2D eigenvalue weighted by molar-refractivity contribution is 6.01. The Hall–Kier alpha value is -4.60. The van der Waals surface area contributed by atoms with Gasteiger partial charge in [-0.15, -0.1) is 0 Å². The van der Waals surface area contributed by atoms with Crippen LogP contribution in [0.5, 0.6) is 11.5 Å². The van der Waals surface area contributed by atoms with Gasteiger partial charge < -0.3 is 24.3 Å². The molecule has 0 spiro atoms. The van der Waals surface area contributed by atoms with E-state index < -0.39 is 11.9 Å². The van der Waals surface area contributed by atoms with Crippen molar-refractivity contribution in [2.45, 2.75) is 6.04 Å². The second-order valence-corrected chi connectivity index (χ2v) is 7.74. The highest BCUT2D eigenvalue weighted by atomic mass is 16.5. The lowest BCUT2D eigenvalue weighted by Gasteiger charge is -2.20. The number of benzene rings is 2. The summed E-state index contributed by atoms with van der Waals surface area (Å²) < 4.78 is 14.2. The molecule has 0 aliphatic heterocycles. The predicted octanol–water partition coefficient (Wildman–Crippen LogP) is 2.45. The van der Waals surface area contributed by atoms with Crippen molar-refractivity contribution >= 4 is 22.5 Å². The number of aromatic amines is 1. The summed E-state index contributed by atoms with van der Waals surface area (Å²) in [6, 6.07) is 11.8. The molecule has 0 saturated carbocycles. The van der Waals surface area contributed by atoms with Gasteiger partial charge in [0.25, 0.3) is 11.5 Å². The summed E-state index contributed by atoms with van der Waals surface area (Å²) in [5, 5.41) is 7.87. The minimum atomic E-state index is -0.626. The second-order valence-electron chi connectivity index (χ2n) is 7.74. The zero-order chi connectivity index (χ0) is 23.8. The summed E-state index contributed by atoms with van der Waals surface area (Å²) in [6.45, 7) is 0. The van der Waals surface area contributed by atoms with Crippen molar-refractivity contribution in [1.82, 2.24) is 29.5 Å². The fourth-order valence-electron chi connectivity index (χ4n) is 4.00. The van der Waals surface area contributed by atoms with Crippen molar-refractivity contribution < 1.29 is 14.3 Å². The molecule has 34 heavy (non-hydrogen) atoms. The molecular weight excluding hydrogens is 436 g/mol. The van der Waals surface area contributed by atoms with Gasteiger partial charge in [-0.1, -0.05) is 12.1 Å². The van der Waals surface area contributed by atoms with Gasteiger partial charge >= 0.3 is 0 Å². The monoisotopic (exact) mass is 458 g/mol. The van der Waals surface area contributed by atoms with Crippen molar-refractivity contribution in [3.63, 3.8) is 0 Å². The highest BCUT2D eigenvalue weighted by Gasteiger charge is 2.25. The van der Waals surface area contributed by atoms with Gasteiger partial charge in [0.05, 0.1) is 31.3 Å². The number of fused-ring (bicyclic) bond motifs is 3. The van der Waals surface area contributed by atoms with Gasteiger partial charge in [-0.05, 0) is 29.8 Å². The first-order chi connectivity index (χ1) is 16.5. The number of methoxy groups -OCH3 is 2. The quantitative estimate of drug-likeness (QED) is 0.404. The molecule has 10 nitrogen and oxygen atoms in total. The molecule has 0 aliphatic carbocycles. The summed E-state index contributed by atoms with van der Waals surface area (Å²) in [5.41, 5.74) is 1.57. The van der Waals surface area contributed by atoms with Crippen LogP contribution in [-0.4, -0.2) is 44.3 Å². The van der Waals surface area contributed by atoms with Gasteiger partial charge in [-0.25, -0.2) is 9.50 Å². The standard InChI is InChI=1S/C24H22N6O4/c1-29-9-8-25-22(29)20(14-10-15(33-2)12-16(11-14)34-3)27-24(32)18-13-26-30-19-7-5-4-6-17(19)23(31)28-21(18)30/h4-13,20H,1-3H3,(H,27,32)(H,28,31). The molecule has 2 aromatic carbocycles. The summed E-state index contributed by atoms with van der Waals surface area (Å²) >= 11 is 0. The van der Waals surface area contributed by atoms with Crippen LogP contribution in [0, 0.1) is 0 Å². The van der Waals surface area contributed by atoms with E-state index >= 15 is 0 Å². The number of amides is 1. The fourth-order valence-corrected chi connectivity index (χ4v) is 4.00. The van der Waals surface area contributed by atoms with Crippen LogP contribution in [-0.2, 0) is 7.05 Å². The second kappa shape index (κ2) is 8.39. The number of hydrogen-bond donors (Lipinski definition) is 2. The lowest BCUT2D eigenvalue weighted by atomic mass is 10.0. The van der Waals surface area contributed by atoms with E-state index in [-0.39, 0.29) is 11.1 Å². The summed E-state index contributed by atoms with van der Waals surface area (Å²) in [6.07, 6.45) is 4.89. The molecule has 3 aromatic heterocycles. The van der Waals surface area contributed by atoms with Crippen LogP contribution >= 0.6 is 0 Å². The minimum absolute atomic E-state index is 0.233. The summed E-state index contributed by atoms with van der Waals surface area (Å²) in [4.78, 5) is 33.3. The highest BCUT2D eigenvalue weighted by Crippen LogP contribution is 2.30. The van der Waals surface area contributed by atoms with Crippen LogP contribution < -0.4 is 20.3 Å². The normalized spacial score (nSPS) is 12.1. The van der Waals surface area contributed by atoms with Crippen molar-refractivity contribution in [3.8, 4) is 11.5 Å². The first-order valence-corrected chi connectivity index (χ1v) is 10.5. The largest absolute Gasteiger partial charge is 0.497 e. The molecule has 3 heterocycles. The molecule has 10 heteroatoms. The number of rotatable bonds is 6. The van der Waals surface area contributed by atoms with E-state index in [0.717, 1.165) is 0 Å². The van der Waals surface area contributed by atoms with E-state index in [2.05, 4.69) is 20.4 Å². The molecule has 0 fully saturated rings. The van der Waals surface area contributed by atoms with Gasteiger partial charge in [-0.2, -0.15) is 5.10 Å². The Labute approximate surface area is 193 Å². The van der Waals surface area contributed by atoms with Crippen LogP contribution in [0.4, 0.5) is 0 Å². The third-order valence-corrected chi connectivity index (χ3v) is 5.72. The average Bonchev–Trinajstić information content (AvgIpc) is 3.48. The van der Waals surface area contributed by atoms with Crippen LogP contribution in [0.3, 0.4) is 0 Å². The maximum Gasteiger partial charge on any atom is 0.259 e. The van der Waals surface area contributed by atoms with Crippen LogP contribution in [0.15, 0.2) is 65.8 Å². The SMILES string of the molecule is COc1cc(OC)cc(C(NC(=O)c2cnn3c2[nH]c(=O)c2ccccc23)c2nccn2C)c1. The van der Waals surface area contributed by atoms with Gasteiger partial charge in [0.15, 0.2) is 0 Å². The number of H-pyrrole nitrogens is 1. The molecule has 0 bridgehead atoms. The lowest BCUT2D eigenvalue weighted by Crippen LogP contribution is -2.31. The van der Waals surface area contributed by atoms with Crippen LogP contribution in [0.2, 0.25) is 0 Å². The Morgan fingerprint density at radius 2 is 1.85 bits per heavy atom. The van der Waals surface area contributed by atoms with E-state index in [4.69, 9.17) is 9.47 Å². The van der Waals surface area contributed by atoms with E-state index in [9.17, 15) is 9.59 Å². The molecule has 172 valence electrons. The number of aromatic nitrogens is 5. The number of hydrogen-bond acceptors (Lipinski definition) is 6. The average molecular weight is 458 g/mol. The first kappa shape index (κ1) is 21.3. The molecule has 1 amide bonds. The molecule has 5 aromatic rings. The topological polar surface area (TPSA) is 116 Å². The Morgan fingerprint density at radius 3 is 2.53 bits per heavy atom. The summed E-state index contributed by atoms with van der Waals surface area (Å²) in [7, 11) is 4.97. The number of aryl methyl sites for hydroxylation is 1. The predicted molar refractivity (Wildman–Crippen MR) is 125 cm³/mol. The lowest BCUT2D eigenvalue weighted by molar-refractivity contribution is 0.0942. The van der Waals surface area contributed by atoms with Crippen LogP contribution in [0.25, 0.3) is 16.6 Å². The Kier molecular flexibility index (Phi) is 5.25. The third-order valence-electron chi connectivity index (χ3n) is 5.72. The van der Waals surface area contributed by atoms with Crippen molar-refractivity contribution in [1.29, 1.82) is 0 Å². The van der Waals surface area contributed by atoms with Gasteiger partial charge in [0.1, 0.15) is 34.6 Å². The Balaban J connectivity index is 1.60. The van der Waals surface area contributed by atoms with E-state index in [1.54, 1.807) is 55.4 Å². The molecular formula is C24H22N6O4. The Bertz CT molecular complexity index is 1560. The third kappa shape index (κ3) is 3.54. The van der Waals surface area contributed by atoms with E-state index in [1.807, 2.05) is 29.8 Å². The number of ether oxygens (including phenoxy) is 2. The van der Waals surface area contributed by atoms with Crippen LogP contribution in [0.1, 0.15) is 27.8 Å². The molecule has 0 radical (unpaired) electrons. The van der Waals surface area contributed by atoms with Gasteiger partial charge in [0.2, 0.25) is 0 Å². The van der Waals surface area contributed by atoms with E-state index in [1.165, 1.54) is 6.20 Å². The smallest absolute Gasteiger partial charge is 0.259 e. The van der Waals surface area contributed by atoms with Crippen molar-refractivity contribution in [3.05, 3.63) is 88.4 Å². The fraction of sp³-hybridized carbons (Fsp3) is 0.167. The molecule has 5 rings (SSSR count). The zero-order valence-corrected chi connectivity index (χ0v) is 18.8. The maximum absolute atomic E-state index is 13.5. The van der Waals surface area contributed by atoms with E-state index in [0.29, 0.717) is 39.4 Å². The number of para-hydroxylation sites is 1. The number of imidazole rings is 1. The molecule has 1 atom stereocenters. The molecule has 0 aliphatic rings. The molecule has 0 saturated heterocycles. The molecule has 2 N–H and O–H groups in total. The minimum Gasteiger partial charge on any atom is -0.497 e. The maximum atomic E-state index is 13.5.